The van der Waals surface area contributed by atoms with Crippen molar-refractivity contribution in [2.24, 2.45) is 0 Å². The average Bonchev–Trinajstić information content (AvgIpc) is 3.16. The van der Waals surface area contributed by atoms with Gasteiger partial charge in [-0.05, 0) is 47.8 Å². The molecule has 0 aromatic heterocycles. The highest BCUT2D eigenvalue weighted by atomic mass is 79.9. The Hall–Kier alpha value is -1.56. The summed E-state index contributed by atoms with van der Waals surface area (Å²) in [4.78, 5) is 23.6. The minimum atomic E-state index is -0.818. The maximum absolute atomic E-state index is 11.9. The lowest BCUT2D eigenvalue weighted by atomic mass is 10.2. The highest BCUT2D eigenvalue weighted by Crippen LogP contribution is 2.25. The number of nitrogens with two attached hydrogens (primary N) is 1. The van der Waals surface area contributed by atoms with Crippen molar-refractivity contribution in [2.75, 3.05) is 5.73 Å². The zero-order chi connectivity index (χ0) is 14.0. The number of nitrogens with one attached hydrogen (secondary N) is 1. The van der Waals surface area contributed by atoms with Gasteiger partial charge in [0.2, 0.25) is 0 Å². The van der Waals surface area contributed by atoms with Crippen LogP contribution in [0.15, 0.2) is 22.7 Å². The smallest absolute Gasteiger partial charge is 0.340 e. The molecule has 0 radical (unpaired) electrons. The normalized spacial score (nSPS) is 15.7. The van der Waals surface area contributed by atoms with Crippen LogP contribution in [0.2, 0.25) is 0 Å². The van der Waals surface area contributed by atoms with E-state index in [1.165, 1.54) is 0 Å². The van der Waals surface area contributed by atoms with Crippen LogP contribution < -0.4 is 11.1 Å². The molecular formula is C13H15BrN2O3. The van der Waals surface area contributed by atoms with Crippen LogP contribution >= 0.6 is 15.9 Å². The lowest BCUT2D eigenvalue weighted by molar-refractivity contribution is -0.129. The number of hydrogen-bond donors (Lipinski definition) is 2. The van der Waals surface area contributed by atoms with E-state index in [0.29, 0.717) is 15.7 Å². The molecule has 1 amide bonds. The molecule has 5 nitrogen and oxygen atoms in total. The molecule has 1 aromatic rings. The topological polar surface area (TPSA) is 81.4 Å². The van der Waals surface area contributed by atoms with Gasteiger partial charge in [0, 0.05) is 11.7 Å². The molecule has 2 rings (SSSR count). The van der Waals surface area contributed by atoms with Crippen molar-refractivity contribution in [3.63, 3.8) is 0 Å². The molecule has 0 aliphatic heterocycles. The number of esters is 1. The van der Waals surface area contributed by atoms with Gasteiger partial charge in [0.05, 0.1) is 10.0 Å². The molecule has 3 N–H and O–H groups in total. The van der Waals surface area contributed by atoms with Crippen LogP contribution in [0, 0.1) is 0 Å². The van der Waals surface area contributed by atoms with E-state index in [0.717, 1.165) is 12.8 Å². The Morgan fingerprint density at radius 2 is 2.16 bits per heavy atom. The number of anilines is 1. The van der Waals surface area contributed by atoms with E-state index in [1.54, 1.807) is 25.1 Å². The van der Waals surface area contributed by atoms with Gasteiger partial charge in [0.25, 0.3) is 5.91 Å². The lowest BCUT2D eigenvalue weighted by Crippen LogP contribution is -2.37. The number of rotatable bonds is 4. The second kappa shape index (κ2) is 5.61. The zero-order valence-electron chi connectivity index (χ0n) is 10.5. The molecule has 1 aliphatic rings. The number of amides is 1. The van der Waals surface area contributed by atoms with Gasteiger partial charge in [-0.15, -0.1) is 0 Å². The molecule has 1 fully saturated rings. The van der Waals surface area contributed by atoms with Crippen molar-refractivity contribution in [1.82, 2.24) is 5.32 Å². The average molecular weight is 327 g/mol. The highest BCUT2D eigenvalue weighted by Gasteiger charge is 2.27. The molecule has 0 heterocycles. The second-order valence-corrected chi connectivity index (χ2v) is 5.33. The summed E-state index contributed by atoms with van der Waals surface area (Å²) in [5.41, 5.74) is 6.45. The first-order valence-electron chi connectivity index (χ1n) is 6.04. The Morgan fingerprint density at radius 1 is 1.47 bits per heavy atom. The number of hydrogen-bond acceptors (Lipinski definition) is 4. The van der Waals surface area contributed by atoms with E-state index in [1.807, 2.05) is 0 Å². The molecule has 1 aromatic carbocycles. The molecule has 0 bridgehead atoms. The van der Waals surface area contributed by atoms with Gasteiger partial charge in [0.15, 0.2) is 6.10 Å². The Labute approximate surface area is 119 Å². The SMILES string of the molecule is CC(OC(=O)c1cccc(N)c1Br)C(=O)NC1CC1. The van der Waals surface area contributed by atoms with E-state index >= 15 is 0 Å². The third kappa shape index (κ3) is 3.47. The third-order valence-electron chi connectivity index (χ3n) is 2.83. The van der Waals surface area contributed by atoms with E-state index in [4.69, 9.17) is 10.5 Å². The fourth-order valence-electron chi connectivity index (χ4n) is 1.53. The van der Waals surface area contributed by atoms with Gasteiger partial charge in [0.1, 0.15) is 0 Å². The van der Waals surface area contributed by atoms with Crippen molar-refractivity contribution in [2.45, 2.75) is 31.9 Å². The summed E-state index contributed by atoms with van der Waals surface area (Å²) in [7, 11) is 0. The Morgan fingerprint density at radius 3 is 2.79 bits per heavy atom. The molecule has 0 saturated heterocycles. The molecular weight excluding hydrogens is 312 g/mol. The number of carbonyl (C=O) groups is 2. The van der Waals surface area contributed by atoms with Crippen molar-refractivity contribution < 1.29 is 14.3 Å². The quantitative estimate of drug-likeness (QED) is 0.653. The van der Waals surface area contributed by atoms with Gasteiger partial charge >= 0.3 is 5.97 Å². The van der Waals surface area contributed by atoms with Crippen LogP contribution in [0.3, 0.4) is 0 Å². The van der Waals surface area contributed by atoms with Gasteiger partial charge < -0.3 is 15.8 Å². The van der Waals surface area contributed by atoms with E-state index in [2.05, 4.69) is 21.2 Å². The molecule has 1 saturated carbocycles. The summed E-state index contributed by atoms with van der Waals surface area (Å²) in [6.07, 6.45) is 1.17. The van der Waals surface area contributed by atoms with Gasteiger partial charge in [-0.3, -0.25) is 4.79 Å². The number of halogens is 1. The van der Waals surface area contributed by atoms with E-state index in [-0.39, 0.29) is 11.9 Å². The molecule has 1 aliphatic carbocycles. The maximum Gasteiger partial charge on any atom is 0.340 e. The van der Waals surface area contributed by atoms with E-state index in [9.17, 15) is 9.59 Å². The second-order valence-electron chi connectivity index (χ2n) is 4.54. The van der Waals surface area contributed by atoms with Gasteiger partial charge in [-0.1, -0.05) is 6.07 Å². The Kier molecular flexibility index (Phi) is 4.09. The molecule has 19 heavy (non-hydrogen) atoms. The standard InChI is InChI=1S/C13H15BrN2O3/c1-7(12(17)16-8-5-6-8)19-13(18)9-3-2-4-10(15)11(9)14/h2-4,7-8H,5-6,15H2,1H3,(H,16,17). The summed E-state index contributed by atoms with van der Waals surface area (Å²) in [6.45, 7) is 1.55. The molecule has 1 unspecified atom stereocenters. The lowest BCUT2D eigenvalue weighted by Gasteiger charge is -2.14. The predicted molar refractivity (Wildman–Crippen MR) is 74.6 cm³/mol. The first-order chi connectivity index (χ1) is 8.99. The van der Waals surface area contributed by atoms with Crippen molar-refractivity contribution in [3.05, 3.63) is 28.2 Å². The molecule has 102 valence electrons. The van der Waals surface area contributed by atoms with Crippen LogP contribution in [0.1, 0.15) is 30.1 Å². The van der Waals surface area contributed by atoms with Crippen molar-refractivity contribution in [3.8, 4) is 0 Å². The predicted octanol–water partition coefficient (Wildman–Crippen LogP) is 1.86. The minimum Gasteiger partial charge on any atom is -0.449 e. The number of benzene rings is 1. The van der Waals surface area contributed by atoms with Crippen molar-refractivity contribution in [1.29, 1.82) is 0 Å². The number of nitrogen functional groups attached to an aromatic ring is 1. The minimum absolute atomic E-state index is 0.243. The van der Waals surface area contributed by atoms with Crippen LogP contribution in [-0.2, 0) is 9.53 Å². The van der Waals surface area contributed by atoms with Gasteiger partial charge in [-0.2, -0.15) is 0 Å². The third-order valence-corrected chi connectivity index (χ3v) is 3.71. The van der Waals surface area contributed by atoms with Crippen LogP contribution in [0.4, 0.5) is 5.69 Å². The maximum atomic E-state index is 11.9. The molecule has 1 atom stereocenters. The largest absolute Gasteiger partial charge is 0.449 e. The molecule has 0 spiro atoms. The van der Waals surface area contributed by atoms with Crippen molar-refractivity contribution >= 4 is 33.5 Å². The highest BCUT2D eigenvalue weighted by molar-refractivity contribution is 9.10. The first-order valence-corrected chi connectivity index (χ1v) is 6.83. The number of ether oxygens (including phenoxy) is 1. The number of carbonyl (C=O) groups excluding carboxylic acids is 2. The summed E-state index contributed by atoms with van der Waals surface area (Å²) in [5, 5.41) is 2.78. The first kappa shape index (κ1) is 13.9. The van der Waals surface area contributed by atoms with Crippen LogP contribution in [-0.4, -0.2) is 24.0 Å². The van der Waals surface area contributed by atoms with Crippen LogP contribution in [0.25, 0.3) is 0 Å². The Bertz CT molecular complexity index is 515. The van der Waals surface area contributed by atoms with E-state index < -0.39 is 12.1 Å². The fourth-order valence-corrected chi connectivity index (χ4v) is 1.96. The Balaban J connectivity index is 1.99. The van der Waals surface area contributed by atoms with Gasteiger partial charge in [-0.25, -0.2) is 4.79 Å². The summed E-state index contributed by atoms with van der Waals surface area (Å²) < 4.78 is 5.61. The van der Waals surface area contributed by atoms with Crippen LogP contribution in [0.5, 0.6) is 0 Å². The summed E-state index contributed by atoms with van der Waals surface area (Å²) >= 11 is 3.23. The monoisotopic (exact) mass is 326 g/mol. The summed E-state index contributed by atoms with van der Waals surface area (Å²) in [5.74, 6) is -0.839. The molecule has 6 heteroatoms. The fraction of sp³-hybridized carbons (Fsp3) is 0.385. The zero-order valence-corrected chi connectivity index (χ0v) is 12.1. The summed E-state index contributed by atoms with van der Waals surface area (Å²) in [6, 6.07) is 5.16.